The molecule has 34 heavy (non-hydrogen) atoms. The minimum absolute atomic E-state index is 0.210. The second kappa shape index (κ2) is 9.85. The lowest BCUT2D eigenvalue weighted by molar-refractivity contribution is -0.132. The van der Waals surface area contributed by atoms with E-state index in [0.29, 0.717) is 37.4 Å². The highest BCUT2D eigenvalue weighted by Gasteiger charge is 2.38. The molecular formula is C26H31N3O5. The topological polar surface area (TPSA) is 79.4 Å². The van der Waals surface area contributed by atoms with Crippen molar-refractivity contribution in [3.63, 3.8) is 0 Å². The molecule has 8 heteroatoms. The lowest BCUT2D eigenvalue weighted by Gasteiger charge is -2.35. The number of imide groups is 1. The average molecular weight is 466 g/mol. The Morgan fingerprint density at radius 1 is 0.853 bits per heavy atom. The lowest BCUT2D eigenvalue weighted by atomic mass is 9.81. The molecule has 0 radical (unpaired) electrons. The van der Waals surface area contributed by atoms with Gasteiger partial charge in [0.05, 0.1) is 12.8 Å². The smallest absolute Gasteiger partial charge is 0.415 e. The first kappa shape index (κ1) is 23.8. The third-order valence-electron chi connectivity index (χ3n) is 6.25. The molecule has 2 saturated heterocycles. The summed E-state index contributed by atoms with van der Waals surface area (Å²) in [6, 6.07) is 14.5. The lowest BCUT2D eigenvalue weighted by Crippen LogP contribution is -2.49. The van der Waals surface area contributed by atoms with Gasteiger partial charge in [-0.3, -0.25) is 19.4 Å². The number of amides is 3. The van der Waals surface area contributed by atoms with Crippen LogP contribution in [0.4, 0.5) is 10.5 Å². The zero-order chi connectivity index (χ0) is 24.3. The van der Waals surface area contributed by atoms with Gasteiger partial charge in [-0.2, -0.15) is 0 Å². The van der Waals surface area contributed by atoms with Gasteiger partial charge in [0, 0.05) is 45.6 Å². The van der Waals surface area contributed by atoms with Gasteiger partial charge in [-0.25, -0.2) is 4.79 Å². The molecule has 0 atom stereocenters. The van der Waals surface area contributed by atoms with E-state index in [9.17, 15) is 14.4 Å². The molecule has 4 rings (SSSR count). The molecule has 0 saturated carbocycles. The van der Waals surface area contributed by atoms with Crippen LogP contribution in [0.5, 0.6) is 11.5 Å². The zero-order valence-corrected chi connectivity index (χ0v) is 20.0. The van der Waals surface area contributed by atoms with Crippen LogP contribution < -0.4 is 14.4 Å². The maximum Gasteiger partial charge on any atom is 0.415 e. The van der Waals surface area contributed by atoms with Crippen molar-refractivity contribution in [1.82, 2.24) is 9.80 Å². The summed E-state index contributed by atoms with van der Waals surface area (Å²) in [5, 5.41) is 0. The Bertz CT molecular complexity index is 1020. The molecule has 0 aromatic heterocycles. The van der Waals surface area contributed by atoms with Crippen molar-refractivity contribution in [2.45, 2.75) is 33.2 Å². The number of nitrogens with zero attached hydrogens (tertiary/aromatic N) is 3. The fourth-order valence-corrected chi connectivity index (χ4v) is 4.37. The van der Waals surface area contributed by atoms with Gasteiger partial charge in [-0.05, 0) is 47.4 Å². The van der Waals surface area contributed by atoms with Gasteiger partial charge >= 0.3 is 6.09 Å². The number of hydrogen-bond donors (Lipinski definition) is 0. The van der Waals surface area contributed by atoms with Gasteiger partial charge in [0.2, 0.25) is 11.8 Å². The Balaban J connectivity index is 1.28. The number of carbonyl (C=O) groups excluding carboxylic acids is 3. The minimum atomic E-state index is -0.399. The highest BCUT2D eigenvalue weighted by atomic mass is 16.6. The van der Waals surface area contributed by atoms with Gasteiger partial charge in [-0.15, -0.1) is 0 Å². The van der Waals surface area contributed by atoms with Crippen molar-refractivity contribution >= 4 is 23.6 Å². The van der Waals surface area contributed by atoms with Crippen LogP contribution in [-0.2, 0) is 16.1 Å². The maximum absolute atomic E-state index is 12.6. The van der Waals surface area contributed by atoms with E-state index >= 15 is 0 Å². The Kier molecular flexibility index (Phi) is 6.88. The average Bonchev–Trinajstić information content (AvgIpc) is 2.80. The third-order valence-corrected chi connectivity index (χ3v) is 6.25. The predicted octanol–water partition coefficient (Wildman–Crippen LogP) is 3.69. The summed E-state index contributed by atoms with van der Waals surface area (Å²) in [6.45, 7) is 7.34. The number of hydrogen-bond acceptors (Lipinski definition) is 6. The van der Waals surface area contributed by atoms with E-state index in [1.54, 1.807) is 36.3 Å². The molecule has 0 bridgehead atoms. The normalized spacial score (nSPS) is 18.7. The van der Waals surface area contributed by atoms with Gasteiger partial charge in [0.25, 0.3) is 0 Å². The fraction of sp³-hybridized carbons (Fsp3) is 0.423. The summed E-state index contributed by atoms with van der Waals surface area (Å²) >= 11 is 0. The van der Waals surface area contributed by atoms with Crippen molar-refractivity contribution in [2.24, 2.45) is 5.41 Å². The molecule has 0 spiro atoms. The summed E-state index contributed by atoms with van der Waals surface area (Å²) in [5.74, 6) is 0.797. The Labute approximate surface area is 200 Å². The van der Waals surface area contributed by atoms with Crippen LogP contribution in [0.15, 0.2) is 48.5 Å². The van der Waals surface area contributed by atoms with Crippen molar-refractivity contribution in [1.29, 1.82) is 0 Å². The zero-order valence-electron chi connectivity index (χ0n) is 20.0. The number of piperidine rings is 1. The molecule has 8 nitrogen and oxygen atoms in total. The molecule has 0 aliphatic carbocycles. The number of benzene rings is 2. The summed E-state index contributed by atoms with van der Waals surface area (Å²) in [7, 11) is 1.65. The summed E-state index contributed by atoms with van der Waals surface area (Å²) in [5.41, 5.74) is 1.38. The maximum atomic E-state index is 12.6. The molecule has 3 amide bonds. The van der Waals surface area contributed by atoms with Crippen molar-refractivity contribution in [3.05, 3.63) is 54.1 Å². The molecule has 2 aliphatic heterocycles. The van der Waals surface area contributed by atoms with E-state index in [4.69, 9.17) is 9.47 Å². The molecule has 0 N–H and O–H groups in total. The van der Waals surface area contributed by atoms with Crippen molar-refractivity contribution < 1.29 is 23.9 Å². The first-order valence-corrected chi connectivity index (χ1v) is 11.5. The largest absolute Gasteiger partial charge is 0.497 e. The van der Waals surface area contributed by atoms with Crippen LogP contribution in [0.3, 0.4) is 0 Å². The number of carbonyl (C=O) groups is 3. The Morgan fingerprint density at radius 2 is 1.41 bits per heavy atom. The van der Waals surface area contributed by atoms with Crippen LogP contribution in [0, 0.1) is 5.41 Å². The van der Waals surface area contributed by atoms with Crippen molar-refractivity contribution in [2.75, 3.05) is 38.2 Å². The van der Waals surface area contributed by atoms with Gasteiger partial charge in [0.1, 0.15) is 11.5 Å². The highest BCUT2D eigenvalue weighted by Crippen LogP contribution is 2.34. The second-order valence-corrected chi connectivity index (χ2v) is 9.61. The van der Waals surface area contributed by atoms with E-state index in [-0.39, 0.29) is 17.2 Å². The Hall–Kier alpha value is -3.39. The number of piperazine rings is 1. The van der Waals surface area contributed by atoms with E-state index in [2.05, 4.69) is 17.0 Å². The van der Waals surface area contributed by atoms with Gasteiger partial charge < -0.3 is 14.4 Å². The van der Waals surface area contributed by atoms with Crippen LogP contribution in [0.2, 0.25) is 0 Å². The predicted molar refractivity (Wildman–Crippen MR) is 128 cm³/mol. The third kappa shape index (κ3) is 5.56. The van der Waals surface area contributed by atoms with Crippen LogP contribution in [0.25, 0.3) is 0 Å². The van der Waals surface area contributed by atoms with E-state index < -0.39 is 6.09 Å². The number of methoxy groups -OCH3 is 1. The SMILES string of the molecule is COc1ccc(CN2CCN(C(=O)Oc3ccc(N4C(=O)CC(C)(C)CC4=O)cc3)CC2)cc1. The van der Waals surface area contributed by atoms with Crippen LogP contribution in [-0.4, -0.2) is 61.0 Å². The molecular weight excluding hydrogens is 434 g/mol. The molecule has 2 aromatic rings. The summed E-state index contributed by atoms with van der Waals surface area (Å²) < 4.78 is 10.7. The number of rotatable bonds is 5. The molecule has 2 heterocycles. The first-order valence-electron chi connectivity index (χ1n) is 11.5. The quantitative estimate of drug-likeness (QED) is 0.627. The van der Waals surface area contributed by atoms with E-state index in [1.807, 2.05) is 26.0 Å². The van der Waals surface area contributed by atoms with Crippen molar-refractivity contribution in [3.8, 4) is 11.5 Å². The highest BCUT2D eigenvalue weighted by molar-refractivity contribution is 6.16. The minimum Gasteiger partial charge on any atom is -0.497 e. The molecule has 0 unspecified atom stereocenters. The molecule has 180 valence electrons. The fourth-order valence-electron chi connectivity index (χ4n) is 4.37. The monoisotopic (exact) mass is 465 g/mol. The standard InChI is InChI=1S/C26H31N3O5/c1-26(2)16-23(30)29(24(31)17-26)20-6-10-22(11-7-20)34-25(32)28-14-12-27(13-15-28)18-19-4-8-21(33-3)9-5-19/h4-11H,12-18H2,1-3H3. The van der Waals surface area contributed by atoms with E-state index in [1.165, 1.54) is 10.5 Å². The molecule has 2 aliphatic rings. The molecule has 2 fully saturated rings. The van der Waals surface area contributed by atoms with E-state index in [0.717, 1.165) is 25.4 Å². The molecule has 2 aromatic carbocycles. The summed E-state index contributed by atoms with van der Waals surface area (Å²) in [4.78, 5) is 42.8. The second-order valence-electron chi connectivity index (χ2n) is 9.61. The van der Waals surface area contributed by atoms with Gasteiger partial charge in [0.15, 0.2) is 0 Å². The number of anilines is 1. The van der Waals surface area contributed by atoms with Crippen LogP contribution in [0.1, 0.15) is 32.3 Å². The summed E-state index contributed by atoms with van der Waals surface area (Å²) in [6.07, 6.45) is 0.239. The first-order chi connectivity index (χ1) is 16.2. The number of ether oxygens (including phenoxy) is 2. The van der Waals surface area contributed by atoms with Gasteiger partial charge in [-0.1, -0.05) is 26.0 Å². The Morgan fingerprint density at radius 3 is 1.97 bits per heavy atom. The van der Waals surface area contributed by atoms with Crippen LogP contribution >= 0.6 is 0 Å².